The third kappa shape index (κ3) is 3.51. The Labute approximate surface area is 87.3 Å². The van der Waals surface area contributed by atoms with Crippen molar-refractivity contribution in [3.05, 3.63) is 35.4 Å². The molecular formula is C13H21N. The largest absolute Gasteiger partial charge is 0.330 e. The van der Waals surface area contributed by atoms with Crippen molar-refractivity contribution < 1.29 is 0 Å². The topological polar surface area (TPSA) is 26.0 Å². The first-order valence-corrected chi connectivity index (χ1v) is 5.54. The molecule has 0 heterocycles. The first-order chi connectivity index (χ1) is 6.76. The van der Waals surface area contributed by atoms with Crippen molar-refractivity contribution in [2.75, 3.05) is 6.54 Å². The molecule has 0 saturated heterocycles. The normalized spacial score (nSPS) is 12.8. The van der Waals surface area contributed by atoms with E-state index in [-0.39, 0.29) is 0 Å². The van der Waals surface area contributed by atoms with Crippen molar-refractivity contribution in [1.82, 2.24) is 0 Å². The van der Waals surface area contributed by atoms with Gasteiger partial charge >= 0.3 is 0 Å². The lowest BCUT2D eigenvalue weighted by Crippen LogP contribution is -2.11. The summed E-state index contributed by atoms with van der Waals surface area (Å²) >= 11 is 0. The van der Waals surface area contributed by atoms with Crippen LogP contribution in [0.5, 0.6) is 0 Å². The fourth-order valence-corrected chi connectivity index (χ4v) is 1.47. The summed E-state index contributed by atoms with van der Waals surface area (Å²) in [6, 6.07) is 8.93. The van der Waals surface area contributed by atoms with Crippen LogP contribution in [0.1, 0.15) is 31.4 Å². The van der Waals surface area contributed by atoms with Gasteiger partial charge in [0, 0.05) is 0 Å². The van der Waals surface area contributed by atoms with Crippen LogP contribution in [0.3, 0.4) is 0 Å². The van der Waals surface area contributed by atoms with E-state index in [2.05, 4.69) is 38.1 Å². The van der Waals surface area contributed by atoms with E-state index in [1.165, 1.54) is 17.5 Å². The highest BCUT2D eigenvalue weighted by Crippen LogP contribution is 2.10. The predicted octanol–water partition coefficient (Wildman–Crippen LogP) is 2.78. The average molecular weight is 191 g/mol. The van der Waals surface area contributed by atoms with E-state index in [0.717, 1.165) is 19.4 Å². The predicted molar refractivity (Wildman–Crippen MR) is 62.4 cm³/mol. The highest BCUT2D eigenvalue weighted by molar-refractivity contribution is 5.22. The quantitative estimate of drug-likeness (QED) is 0.761. The molecule has 0 fully saturated rings. The standard InChI is InChI=1S/C13H21N/c1-3-12-6-8-13(9-7-12)5-4-11(2)10-14/h6-9,11H,3-5,10,14H2,1-2H3. The number of rotatable bonds is 5. The Bertz CT molecular complexity index is 250. The molecule has 14 heavy (non-hydrogen) atoms. The maximum Gasteiger partial charge on any atom is -0.00514 e. The van der Waals surface area contributed by atoms with Crippen LogP contribution < -0.4 is 5.73 Å². The molecule has 1 heteroatoms. The second kappa shape index (κ2) is 5.82. The average Bonchev–Trinajstić information content (AvgIpc) is 2.26. The van der Waals surface area contributed by atoms with E-state index < -0.39 is 0 Å². The number of hydrogen-bond acceptors (Lipinski definition) is 1. The molecule has 0 aliphatic rings. The van der Waals surface area contributed by atoms with E-state index in [4.69, 9.17) is 5.73 Å². The van der Waals surface area contributed by atoms with E-state index in [9.17, 15) is 0 Å². The van der Waals surface area contributed by atoms with Crippen LogP contribution in [0.4, 0.5) is 0 Å². The third-order valence-corrected chi connectivity index (χ3v) is 2.76. The van der Waals surface area contributed by atoms with Crippen LogP contribution in [0.2, 0.25) is 0 Å². The van der Waals surface area contributed by atoms with Crippen LogP contribution in [-0.2, 0) is 12.8 Å². The maximum absolute atomic E-state index is 5.58. The molecule has 0 bridgehead atoms. The summed E-state index contributed by atoms with van der Waals surface area (Å²) < 4.78 is 0. The lowest BCUT2D eigenvalue weighted by molar-refractivity contribution is 0.544. The Morgan fingerprint density at radius 3 is 2.21 bits per heavy atom. The molecular weight excluding hydrogens is 170 g/mol. The van der Waals surface area contributed by atoms with Gasteiger partial charge in [-0.1, -0.05) is 38.1 Å². The van der Waals surface area contributed by atoms with Crippen molar-refractivity contribution in [2.45, 2.75) is 33.1 Å². The molecule has 0 radical (unpaired) electrons. The summed E-state index contributed by atoms with van der Waals surface area (Å²) in [4.78, 5) is 0. The lowest BCUT2D eigenvalue weighted by atomic mass is 10.00. The van der Waals surface area contributed by atoms with Crippen LogP contribution >= 0.6 is 0 Å². The second-order valence-electron chi connectivity index (χ2n) is 4.05. The van der Waals surface area contributed by atoms with E-state index in [1.54, 1.807) is 0 Å². The van der Waals surface area contributed by atoms with Gasteiger partial charge in [-0.15, -0.1) is 0 Å². The van der Waals surface area contributed by atoms with Crippen LogP contribution in [0.15, 0.2) is 24.3 Å². The molecule has 1 atom stereocenters. The van der Waals surface area contributed by atoms with Gasteiger partial charge < -0.3 is 5.73 Å². The first-order valence-electron chi connectivity index (χ1n) is 5.54. The van der Waals surface area contributed by atoms with Crippen molar-refractivity contribution in [1.29, 1.82) is 0 Å². The Balaban J connectivity index is 2.43. The summed E-state index contributed by atoms with van der Waals surface area (Å²) in [5.41, 5.74) is 8.43. The molecule has 1 rings (SSSR count). The van der Waals surface area contributed by atoms with Crippen LogP contribution in [0.25, 0.3) is 0 Å². The van der Waals surface area contributed by atoms with Gasteiger partial charge in [-0.05, 0) is 42.9 Å². The fraction of sp³-hybridized carbons (Fsp3) is 0.538. The smallest absolute Gasteiger partial charge is 0.00514 e. The summed E-state index contributed by atoms with van der Waals surface area (Å²) in [6.07, 6.45) is 3.48. The monoisotopic (exact) mass is 191 g/mol. The highest BCUT2D eigenvalue weighted by atomic mass is 14.5. The minimum atomic E-state index is 0.640. The van der Waals surface area contributed by atoms with E-state index >= 15 is 0 Å². The number of aryl methyl sites for hydroxylation is 2. The van der Waals surface area contributed by atoms with Crippen molar-refractivity contribution in [3.63, 3.8) is 0 Å². The summed E-state index contributed by atoms with van der Waals surface area (Å²) in [7, 11) is 0. The number of benzene rings is 1. The van der Waals surface area contributed by atoms with Gasteiger partial charge in [0.1, 0.15) is 0 Å². The van der Waals surface area contributed by atoms with E-state index in [0.29, 0.717) is 5.92 Å². The molecule has 0 amide bonds. The molecule has 1 unspecified atom stereocenters. The zero-order valence-corrected chi connectivity index (χ0v) is 9.29. The summed E-state index contributed by atoms with van der Waals surface area (Å²) in [6.45, 7) is 5.19. The van der Waals surface area contributed by atoms with Crippen LogP contribution in [0, 0.1) is 5.92 Å². The third-order valence-electron chi connectivity index (χ3n) is 2.76. The molecule has 1 aromatic rings. The van der Waals surface area contributed by atoms with Gasteiger partial charge in [0.25, 0.3) is 0 Å². The zero-order valence-electron chi connectivity index (χ0n) is 9.29. The molecule has 2 N–H and O–H groups in total. The van der Waals surface area contributed by atoms with Crippen molar-refractivity contribution in [2.24, 2.45) is 11.7 Å². The zero-order chi connectivity index (χ0) is 10.4. The van der Waals surface area contributed by atoms with Gasteiger partial charge in [0.15, 0.2) is 0 Å². The van der Waals surface area contributed by atoms with Gasteiger partial charge in [-0.3, -0.25) is 0 Å². The first kappa shape index (κ1) is 11.3. The van der Waals surface area contributed by atoms with Gasteiger partial charge in [0.2, 0.25) is 0 Å². The van der Waals surface area contributed by atoms with Crippen molar-refractivity contribution >= 4 is 0 Å². The van der Waals surface area contributed by atoms with Gasteiger partial charge in [-0.25, -0.2) is 0 Å². The molecule has 0 spiro atoms. The molecule has 0 saturated carbocycles. The second-order valence-corrected chi connectivity index (χ2v) is 4.05. The summed E-state index contributed by atoms with van der Waals surface area (Å²) in [5.74, 6) is 0.640. The fourth-order valence-electron chi connectivity index (χ4n) is 1.47. The van der Waals surface area contributed by atoms with Crippen LogP contribution in [-0.4, -0.2) is 6.54 Å². The van der Waals surface area contributed by atoms with Gasteiger partial charge in [-0.2, -0.15) is 0 Å². The lowest BCUT2D eigenvalue weighted by Gasteiger charge is -2.08. The minimum absolute atomic E-state index is 0.640. The van der Waals surface area contributed by atoms with Gasteiger partial charge in [0.05, 0.1) is 0 Å². The highest BCUT2D eigenvalue weighted by Gasteiger charge is 1.99. The molecule has 1 aromatic carbocycles. The Morgan fingerprint density at radius 1 is 1.14 bits per heavy atom. The summed E-state index contributed by atoms with van der Waals surface area (Å²) in [5, 5.41) is 0. The Hall–Kier alpha value is -0.820. The number of nitrogens with two attached hydrogens (primary N) is 1. The molecule has 0 aliphatic carbocycles. The maximum atomic E-state index is 5.58. The molecule has 78 valence electrons. The Kier molecular flexibility index (Phi) is 4.68. The van der Waals surface area contributed by atoms with Crippen molar-refractivity contribution in [3.8, 4) is 0 Å². The minimum Gasteiger partial charge on any atom is -0.330 e. The van der Waals surface area contributed by atoms with E-state index in [1.807, 2.05) is 0 Å². The number of hydrogen-bond donors (Lipinski definition) is 1. The molecule has 0 aliphatic heterocycles. The Morgan fingerprint density at radius 2 is 1.71 bits per heavy atom. The molecule has 1 nitrogen and oxygen atoms in total. The molecule has 0 aromatic heterocycles. The SMILES string of the molecule is CCc1ccc(CCC(C)CN)cc1.